The van der Waals surface area contributed by atoms with E-state index in [2.05, 4.69) is 9.97 Å². The molecule has 2 N–H and O–H groups in total. The zero-order valence-corrected chi connectivity index (χ0v) is 19.5. The summed E-state index contributed by atoms with van der Waals surface area (Å²) in [6.45, 7) is 0.176. The number of amides is 1. The third kappa shape index (κ3) is 4.22. The van der Waals surface area contributed by atoms with Gasteiger partial charge in [0.15, 0.2) is 17.2 Å². The molecular weight excluding hydrogens is 465 g/mol. The molecule has 2 aromatic heterocycles. The number of thioether (sulfide) groups is 1. The highest BCUT2D eigenvalue weighted by atomic mass is 32.2. The molecule has 0 unspecified atom stereocenters. The standard InChI is InChI=1S/C26H20FN5O2S/c1-35-20-13-7-17(8-14-20)24-29-21(23(28)33)22-25(30-24)32(19-11-9-18(27)10-12-19)26(34)31(22)15-16-5-3-2-4-6-16/h2-14H,15H2,1H3,(H2,28,33). The van der Waals surface area contributed by atoms with Crippen LogP contribution in [0.4, 0.5) is 4.39 Å². The Morgan fingerprint density at radius 1 is 0.971 bits per heavy atom. The van der Waals surface area contributed by atoms with Crippen LogP contribution in [0.15, 0.2) is 88.6 Å². The van der Waals surface area contributed by atoms with Crippen LogP contribution in [-0.2, 0) is 6.54 Å². The lowest BCUT2D eigenvalue weighted by Gasteiger charge is -2.08. The average molecular weight is 486 g/mol. The van der Waals surface area contributed by atoms with Crippen molar-refractivity contribution < 1.29 is 9.18 Å². The smallest absolute Gasteiger partial charge is 0.335 e. The lowest BCUT2D eigenvalue weighted by atomic mass is 10.2. The van der Waals surface area contributed by atoms with E-state index < -0.39 is 17.4 Å². The van der Waals surface area contributed by atoms with Crippen LogP contribution in [0.3, 0.4) is 0 Å². The molecule has 0 saturated carbocycles. The maximum Gasteiger partial charge on any atom is 0.335 e. The molecule has 0 aliphatic rings. The SMILES string of the molecule is CSc1ccc(-c2nc(C(N)=O)c3c(n2)n(-c2ccc(F)cc2)c(=O)n3Cc2ccccc2)cc1. The van der Waals surface area contributed by atoms with E-state index in [1.807, 2.05) is 60.9 Å². The van der Waals surface area contributed by atoms with Gasteiger partial charge in [-0.25, -0.2) is 23.7 Å². The van der Waals surface area contributed by atoms with E-state index >= 15 is 0 Å². The van der Waals surface area contributed by atoms with Crippen molar-refractivity contribution in [3.63, 3.8) is 0 Å². The Morgan fingerprint density at radius 2 is 1.66 bits per heavy atom. The number of carbonyl (C=O) groups excluding carboxylic acids is 1. The van der Waals surface area contributed by atoms with E-state index in [0.29, 0.717) is 11.3 Å². The number of benzene rings is 3. The number of aromatic nitrogens is 4. The van der Waals surface area contributed by atoms with E-state index in [1.54, 1.807) is 11.8 Å². The van der Waals surface area contributed by atoms with Crippen LogP contribution < -0.4 is 11.4 Å². The highest BCUT2D eigenvalue weighted by Crippen LogP contribution is 2.26. The summed E-state index contributed by atoms with van der Waals surface area (Å²) in [5.41, 5.74) is 7.60. The predicted molar refractivity (Wildman–Crippen MR) is 134 cm³/mol. The number of nitrogens with two attached hydrogens (primary N) is 1. The van der Waals surface area contributed by atoms with Gasteiger partial charge in [-0.2, -0.15) is 0 Å². The maximum absolute atomic E-state index is 13.7. The molecule has 3 aromatic carbocycles. The van der Waals surface area contributed by atoms with Crippen LogP contribution in [0, 0.1) is 5.82 Å². The minimum atomic E-state index is -0.780. The Balaban J connectivity index is 1.83. The van der Waals surface area contributed by atoms with E-state index in [4.69, 9.17) is 5.73 Å². The Labute approximate surface area is 204 Å². The number of imidazole rings is 1. The molecule has 7 nitrogen and oxygen atoms in total. The fourth-order valence-corrected chi connectivity index (χ4v) is 4.34. The maximum atomic E-state index is 13.7. The van der Waals surface area contributed by atoms with Gasteiger partial charge in [-0.3, -0.25) is 9.36 Å². The lowest BCUT2D eigenvalue weighted by Crippen LogP contribution is -2.24. The summed E-state index contributed by atoms with van der Waals surface area (Å²) in [6, 6.07) is 22.4. The van der Waals surface area contributed by atoms with Gasteiger partial charge in [-0.05, 0) is 48.2 Å². The third-order valence-corrected chi connectivity index (χ3v) is 6.36. The van der Waals surface area contributed by atoms with Crippen LogP contribution >= 0.6 is 11.8 Å². The zero-order valence-electron chi connectivity index (χ0n) is 18.7. The molecule has 1 amide bonds. The van der Waals surface area contributed by atoms with Crippen molar-refractivity contribution >= 4 is 28.8 Å². The molecule has 0 aliphatic carbocycles. The molecule has 5 rings (SSSR count). The van der Waals surface area contributed by atoms with Crippen molar-refractivity contribution in [2.45, 2.75) is 11.4 Å². The van der Waals surface area contributed by atoms with Gasteiger partial charge in [-0.15, -0.1) is 11.8 Å². The Hall–Kier alpha value is -4.24. The van der Waals surface area contributed by atoms with Gasteiger partial charge in [0.25, 0.3) is 5.91 Å². The summed E-state index contributed by atoms with van der Waals surface area (Å²) in [5, 5.41) is 0. The van der Waals surface area contributed by atoms with Gasteiger partial charge in [0, 0.05) is 10.5 Å². The predicted octanol–water partition coefficient (Wildman–Crippen LogP) is 4.26. The van der Waals surface area contributed by atoms with Crippen molar-refractivity contribution in [1.82, 2.24) is 19.1 Å². The third-order valence-electron chi connectivity index (χ3n) is 5.62. The Morgan fingerprint density at radius 3 is 2.29 bits per heavy atom. The van der Waals surface area contributed by atoms with Crippen LogP contribution in [-0.4, -0.2) is 31.3 Å². The second kappa shape index (κ2) is 9.19. The zero-order chi connectivity index (χ0) is 24.5. The van der Waals surface area contributed by atoms with E-state index in [-0.39, 0.29) is 29.2 Å². The molecule has 5 aromatic rings. The Kier molecular flexibility index (Phi) is 5.92. The van der Waals surface area contributed by atoms with Crippen molar-refractivity contribution in [2.75, 3.05) is 6.26 Å². The van der Waals surface area contributed by atoms with Crippen molar-refractivity contribution in [3.05, 3.63) is 106 Å². The second-order valence-corrected chi connectivity index (χ2v) is 8.71. The molecule has 0 saturated heterocycles. The fourth-order valence-electron chi connectivity index (χ4n) is 3.93. The Bertz CT molecular complexity index is 1590. The molecule has 174 valence electrons. The first-order chi connectivity index (χ1) is 17.0. The summed E-state index contributed by atoms with van der Waals surface area (Å²) in [6.07, 6.45) is 1.97. The lowest BCUT2D eigenvalue weighted by molar-refractivity contribution is 0.0997. The number of hydrogen-bond donors (Lipinski definition) is 1. The van der Waals surface area contributed by atoms with Gasteiger partial charge in [0.05, 0.1) is 12.2 Å². The van der Waals surface area contributed by atoms with Crippen LogP contribution in [0.5, 0.6) is 0 Å². The first-order valence-electron chi connectivity index (χ1n) is 10.7. The van der Waals surface area contributed by atoms with Crippen molar-refractivity contribution in [3.8, 4) is 17.1 Å². The largest absolute Gasteiger partial charge is 0.364 e. The summed E-state index contributed by atoms with van der Waals surface area (Å²) in [4.78, 5) is 36.5. The molecule has 9 heteroatoms. The summed E-state index contributed by atoms with van der Waals surface area (Å²) < 4.78 is 16.4. The van der Waals surface area contributed by atoms with Gasteiger partial charge < -0.3 is 5.73 Å². The minimum absolute atomic E-state index is 0.0622. The van der Waals surface area contributed by atoms with Crippen LogP contribution in [0.1, 0.15) is 16.1 Å². The number of hydrogen-bond acceptors (Lipinski definition) is 5. The molecule has 0 spiro atoms. The van der Waals surface area contributed by atoms with Crippen molar-refractivity contribution in [1.29, 1.82) is 0 Å². The quantitative estimate of drug-likeness (QED) is 0.363. The number of halogens is 1. The summed E-state index contributed by atoms with van der Waals surface area (Å²) in [5.74, 6) is -0.957. The molecule has 0 radical (unpaired) electrons. The molecule has 35 heavy (non-hydrogen) atoms. The highest BCUT2D eigenvalue weighted by Gasteiger charge is 2.24. The minimum Gasteiger partial charge on any atom is -0.364 e. The number of fused-ring (bicyclic) bond motifs is 1. The average Bonchev–Trinajstić information content (AvgIpc) is 3.15. The first-order valence-corrected chi connectivity index (χ1v) is 12.0. The number of carbonyl (C=O) groups is 1. The van der Waals surface area contributed by atoms with Gasteiger partial charge in [0.2, 0.25) is 0 Å². The van der Waals surface area contributed by atoms with E-state index in [0.717, 1.165) is 10.5 Å². The molecule has 0 atom stereocenters. The van der Waals surface area contributed by atoms with E-state index in [1.165, 1.54) is 33.4 Å². The number of nitrogens with zero attached hydrogens (tertiary/aromatic N) is 4. The number of primary amides is 1. The van der Waals surface area contributed by atoms with Gasteiger partial charge >= 0.3 is 5.69 Å². The molecule has 2 heterocycles. The molecule has 0 aliphatic heterocycles. The second-order valence-electron chi connectivity index (χ2n) is 7.83. The van der Waals surface area contributed by atoms with Crippen LogP contribution in [0.2, 0.25) is 0 Å². The van der Waals surface area contributed by atoms with Gasteiger partial charge in [0.1, 0.15) is 11.3 Å². The van der Waals surface area contributed by atoms with Crippen LogP contribution in [0.25, 0.3) is 28.2 Å². The topological polar surface area (TPSA) is 95.8 Å². The number of rotatable bonds is 6. The molecular formula is C26H20FN5O2S. The van der Waals surface area contributed by atoms with Gasteiger partial charge in [-0.1, -0.05) is 42.5 Å². The molecule has 0 fully saturated rings. The highest BCUT2D eigenvalue weighted by molar-refractivity contribution is 7.98. The van der Waals surface area contributed by atoms with E-state index in [9.17, 15) is 14.0 Å². The molecule has 0 bridgehead atoms. The first kappa shape index (κ1) is 22.5. The fraction of sp³-hybridized carbons (Fsp3) is 0.0769. The normalized spacial score (nSPS) is 11.1. The monoisotopic (exact) mass is 485 g/mol. The summed E-state index contributed by atoms with van der Waals surface area (Å²) in [7, 11) is 0. The van der Waals surface area contributed by atoms with Crippen molar-refractivity contribution in [2.24, 2.45) is 5.73 Å². The summed E-state index contributed by atoms with van der Waals surface area (Å²) >= 11 is 1.60.